The molecular weight excluding hydrogens is 192 g/mol. The molecule has 0 radical (unpaired) electrons. The lowest BCUT2D eigenvalue weighted by Crippen LogP contribution is -2.27. The lowest BCUT2D eigenvalue weighted by Gasteiger charge is -2.16. The number of aryl methyl sites for hydroxylation is 1. The monoisotopic (exact) mass is 206 g/mol. The standard InChI is InChI=1S/C10H14N4O/c1-3-13-7-14(6-9(13)15)10-11-5-4-8(2)12-10/h4-5H,3,6-7H2,1-2H3. The molecule has 1 aliphatic rings. The van der Waals surface area contributed by atoms with Crippen molar-refractivity contribution in [2.24, 2.45) is 0 Å². The van der Waals surface area contributed by atoms with E-state index < -0.39 is 0 Å². The van der Waals surface area contributed by atoms with E-state index in [1.165, 1.54) is 0 Å². The van der Waals surface area contributed by atoms with Crippen LogP contribution in [0.3, 0.4) is 0 Å². The first-order valence-corrected chi connectivity index (χ1v) is 5.03. The Balaban J connectivity index is 2.17. The summed E-state index contributed by atoms with van der Waals surface area (Å²) in [5.41, 5.74) is 0.919. The molecule has 15 heavy (non-hydrogen) atoms. The zero-order valence-corrected chi connectivity index (χ0v) is 8.97. The number of carbonyl (C=O) groups excluding carboxylic acids is 1. The minimum absolute atomic E-state index is 0.141. The van der Waals surface area contributed by atoms with Gasteiger partial charge in [0.2, 0.25) is 11.9 Å². The highest BCUT2D eigenvalue weighted by atomic mass is 16.2. The maximum absolute atomic E-state index is 11.5. The summed E-state index contributed by atoms with van der Waals surface area (Å²) in [7, 11) is 0. The Morgan fingerprint density at radius 1 is 1.53 bits per heavy atom. The van der Waals surface area contributed by atoms with E-state index in [0.29, 0.717) is 19.2 Å². The maximum Gasteiger partial charge on any atom is 0.243 e. The summed E-state index contributed by atoms with van der Waals surface area (Å²) < 4.78 is 0. The molecule has 1 fully saturated rings. The number of hydrogen-bond donors (Lipinski definition) is 0. The molecule has 80 valence electrons. The second-order valence-corrected chi connectivity index (χ2v) is 3.59. The predicted molar refractivity (Wildman–Crippen MR) is 56.4 cm³/mol. The summed E-state index contributed by atoms with van der Waals surface area (Å²) in [6, 6.07) is 1.85. The maximum atomic E-state index is 11.5. The molecule has 0 atom stereocenters. The van der Waals surface area contributed by atoms with Crippen molar-refractivity contribution in [3.8, 4) is 0 Å². The SMILES string of the molecule is CCN1CN(c2nccc(C)n2)CC1=O. The zero-order chi connectivity index (χ0) is 10.8. The van der Waals surface area contributed by atoms with E-state index in [4.69, 9.17) is 0 Å². The molecule has 0 saturated carbocycles. The molecule has 5 heteroatoms. The second-order valence-electron chi connectivity index (χ2n) is 3.59. The van der Waals surface area contributed by atoms with Gasteiger partial charge in [0, 0.05) is 18.4 Å². The fourth-order valence-electron chi connectivity index (χ4n) is 1.60. The van der Waals surface area contributed by atoms with Crippen LogP contribution in [0.2, 0.25) is 0 Å². The van der Waals surface area contributed by atoms with Gasteiger partial charge in [0.1, 0.15) is 6.54 Å². The first kappa shape index (κ1) is 9.89. The lowest BCUT2D eigenvalue weighted by atomic mass is 10.4. The summed E-state index contributed by atoms with van der Waals surface area (Å²) >= 11 is 0. The Hall–Kier alpha value is -1.65. The Labute approximate surface area is 88.7 Å². The van der Waals surface area contributed by atoms with Crippen LogP contribution in [0.4, 0.5) is 5.95 Å². The Morgan fingerprint density at radius 3 is 2.93 bits per heavy atom. The second kappa shape index (κ2) is 3.84. The largest absolute Gasteiger partial charge is 0.324 e. The van der Waals surface area contributed by atoms with Crippen molar-refractivity contribution < 1.29 is 4.79 Å². The lowest BCUT2D eigenvalue weighted by molar-refractivity contribution is -0.126. The van der Waals surface area contributed by atoms with E-state index >= 15 is 0 Å². The molecule has 0 aromatic carbocycles. The zero-order valence-electron chi connectivity index (χ0n) is 8.97. The third-order valence-electron chi connectivity index (χ3n) is 2.47. The fraction of sp³-hybridized carbons (Fsp3) is 0.500. The van der Waals surface area contributed by atoms with Crippen LogP contribution < -0.4 is 4.90 Å². The summed E-state index contributed by atoms with van der Waals surface area (Å²) in [5, 5.41) is 0. The van der Waals surface area contributed by atoms with Gasteiger partial charge in [-0.25, -0.2) is 9.97 Å². The highest BCUT2D eigenvalue weighted by Crippen LogP contribution is 2.13. The normalized spacial score (nSPS) is 16.3. The number of carbonyl (C=O) groups is 1. The van der Waals surface area contributed by atoms with Crippen molar-refractivity contribution in [1.29, 1.82) is 0 Å². The van der Waals surface area contributed by atoms with Crippen molar-refractivity contribution in [1.82, 2.24) is 14.9 Å². The van der Waals surface area contributed by atoms with Gasteiger partial charge >= 0.3 is 0 Å². The fourth-order valence-corrected chi connectivity index (χ4v) is 1.60. The van der Waals surface area contributed by atoms with Crippen LogP contribution in [-0.4, -0.2) is 40.5 Å². The van der Waals surface area contributed by atoms with E-state index in [-0.39, 0.29) is 5.91 Å². The number of amides is 1. The van der Waals surface area contributed by atoms with E-state index in [9.17, 15) is 4.79 Å². The van der Waals surface area contributed by atoms with Crippen LogP contribution in [-0.2, 0) is 4.79 Å². The van der Waals surface area contributed by atoms with Gasteiger partial charge in [0.15, 0.2) is 0 Å². The molecule has 0 spiro atoms. The number of nitrogens with zero attached hydrogens (tertiary/aromatic N) is 4. The minimum atomic E-state index is 0.141. The van der Waals surface area contributed by atoms with E-state index in [1.54, 1.807) is 11.1 Å². The van der Waals surface area contributed by atoms with Gasteiger partial charge < -0.3 is 9.80 Å². The first-order valence-electron chi connectivity index (χ1n) is 5.03. The minimum Gasteiger partial charge on any atom is -0.324 e. The summed E-state index contributed by atoms with van der Waals surface area (Å²) in [6.45, 7) is 5.61. The molecule has 1 saturated heterocycles. The molecule has 0 aliphatic carbocycles. The van der Waals surface area contributed by atoms with Crippen molar-refractivity contribution in [2.45, 2.75) is 13.8 Å². The Bertz CT molecular complexity index is 379. The van der Waals surface area contributed by atoms with Crippen LogP contribution >= 0.6 is 0 Å². The smallest absolute Gasteiger partial charge is 0.243 e. The van der Waals surface area contributed by atoms with Crippen LogP contribution in [0.15, 0.2) is 12.3 Å². The molecule has 0 N–H and O–H groups in total. The van der Waals surface area contributed by atoms with Gasteiger partial charge in [-0.2, -0.15) is 0 Å². The highest BCUT2D eigenvalue weighted by molar-refractivity contribution is 5.84. The van der Waals surface area contributed by atoms with Crippen LogP contribution in [0.25, 0.3) is 0 Å². The molecule has 1 aliphatic heterocycles. The van der Waals surface area contributed by atoms with Crippen LogP contribution in [0.5, 0.6) is 0 Å². The molecule has 1 aromatic heterocycles. The van der Waals surface area contributed by atoms with Crippen molar-refractivity contribution >= 4 is 11.9 Å². The van der Waals surface area contributed by atoms with E-state index in [1.807, 2.05) is 24.8 Å². The number of anilines is 1. The number of rotatable bonds is 2. The topological polar surface area (TPSA) is 49.3 Å². The number of aromatic nitrogens is 2. The number of hydrogen-bond acceptors (Lipinski definition) is 4. The van der Waals surface area contributed by atoms with Crippen LogP contribution in [0, 0.1) is 6.92 Å². The average Bonchev–Trinajstić information content (AvgIpc) is 2.60. The first-order chi connectivity index (χ1) is 7.20. The van der Waals surface area contributed by atoms with Gasteiger partial charge in [-0.1, -0.05) is 0 Å². The van der Waals surface area contributed by atoms with Gasteiger partial charge in [0.05, 0.1) is 6.67 Å². The molecule has 2 rings (SSSR count). The highest BCUT2D eigenvalue weighted by Gasteiger charge is 2.27. The van der Waals surface area contributed by atoms with Crippen molar-refractivity contribution in [3.63, 3.8) is 0 Å². The van der Waals surface area contributed by atoms with Gasteiger partial charge in [-0.05, 0) is 19.9 Å². The van der Waals surface area contributed by atoms with E-state index in [2.05, 4.69) is 9.97 Å². The average molecular weight is 206 g/mol. The molecule has 1 aromatic rings. The molecule has 5 nitrogen and oxygen atoms in total. The summed E-state index contributed by atoms with van der Waals surface area (Å²) in [5.74, 6) is 0.780. The van der Waals surface area contributed by atoms with Gasteiger partial charge in [-0.15, -0.1) is 0 Å². The number of likely N-dealkylation sites (N-methyl/N-ethyl adjacent to an activating group) is 1. The molecule has 2 heterocycles. The molecule has 0 unspecified atom stereocenters. The Kier molecular flexibility index (Phi) is 2.53. The molecule has 0 bridgehead atoms. The third kappa shape index (κ3) is 1.91. The molecule has 1 amide bonds. The summed E-state index contributed by atoms with van der Waals surface area (Å²) in [4.78, 5) is 23.6. The van der Waals surface area contributed by atoms with Gasteiger partial charge in [-0.3, -0.25) is 4.79 Å². The summed E-state index contributed by atoms with van der Waals surface area (Å²) in [6.07, 6.45) is 1.72. The predicted octanol–water partition coefficient (Wildman–Crippen LogP) is 0.411. The van der Waals surface area contributed by atoms with Gasteiger partial charge in [0.25, 0.3) is 0 Å². The van der Waals surface area contributed by atoms with Crippen molar-refractivity contribution in [3.05, 3.63) is 18.0 Å². The quantitative estimate of drug-likeness (QED) is 0.703. The van der Waals surface area contributed by atoms with E-state index in [0.717, 1.165) is 12.2 Å². The van der Waals surface area contributed by atoms with Crippen LogP contribution in [0.1, 0.15) is 12.6 Å². The molecular formula is C10H14N4O. The Morgan fingerprint density at radius 2 is 2.33 bits per heavy atom. The van der Waals surface area contributed by atoms with Crippen molar-refractivity contribution in [2.75, 3.05) is 24.7 Å². The third-order valence-corrected chi connectivity index (χ3v) is 2.47.